The largest absolute Gasteiger partial charge is 0.489 e. The Kier molecular flexibility index (Phi) is 2.78. The Labute approximate surface area is 95.3 Å². The number of ketones is 1. The van der Waals surface area contributed by atoms with Gasteiger partial charge in [-0.3, -0.25) is 9.59 Å². The molecule has 84 valence electrons. The number of halogens is 2. The zero-order valence-electron chi connectivity index (χ0n) is 8.05. The number of benzene rings is 1. The maximum Gasteiger partial charge on any atom is 0.296 e. The zero-order chi connectivity index (χ0) is 11.7. The van der Waals surface area contributed by atoms with Crippen molar-refractivity contribution in [2.75, 3.05) is 18.6 Å². The molecule has 0 aromatic heterocycles. The number of fused-ring (bicyclic) bond motifs is 1. The van der Waals surface area contributed by atoms with E-state index >= 15 is 0 Å². The van der Waals surface area contributed by atoms with Gasteiger partial charge in [0.2, 0.25) is 0 Å². The van der Waals surface area contributed by atoms with E-state index in [1.807, 2.05) is 0 Å². The first-order chi connectivity index (χ1) is 7.63. The first kappa shape index (κ1) is 10.9. The van der Waals surface area contributed by atoms with Gasteiger partial charge < -0.3 is 10.1 Å². The minimum atomic E-state index is -0.700. The van der Waals surface area contributed by atoms with Crippen LogP contribution in [0.5, 0.6) is 5.75 Å². The Hall–Kier alpha value is -1.62. The lowest BCUT2D eigenvalue weighted by molar-refractivity contribution is -0.112. The summed E-state index contributed by atoms with van der Waals surface area (Å²) >= 11 is 5.82. The molecule has 1 aliphatic rings. The topological polar surface area (TPSA) is 55.4 Å². The third-order valence-electron chi connectivity index (χ3n) is 2.11. The lowest BCUT2D eigenvalue weighted by Crippen LogP contribution is -2.12. The summed E-state index contributed by atoms with van der Waals surface area (Å²) in [5.41, 5.74) is 0.552. The van der Waals surface area contributed by atoms with Crippen LogP contribution in [0.4, 0.5) is 10.1 Å². The highest BCUT2D eigenvalue weighted by atomic mass is 35.5. The molecule has 0 spiro atoms. The van der Waals surface area contributed by atoms with Crippen LogP contribution < -0.4 is 10.1 Å². The molecular weight excluding hydrogens is 237 g/mol. The molecule has 0 fully saturated rings. The molecule has 2 rings (SSSR count). The summed E-state index contributed by atoms with van der Waals surface area (Å²) in [6, 6.07) is 2.75. The Morgan fingerprint density at radius 2 is 2.12 bits per heavy atom. The van der Waals surface area contributed by atoms with Crippen molar-refractivity contribution in [2.24, 2.45) is 0 Å². The molecule has 0 bridgehead atoms. The molecule has 1 amide bonds. The molecular formula is C10H7ClFNO3. The van der Waals surface area contributed by atoms with Gasteiger partial charge in [-0.1, -0.05) is 11.6 Å². The van der Waals surface area contributed by atoms with Crippen LogP contribution in [0, 0.1) is 0 Å². The van der Waals surface area contributed by atoms with E-state index in [0.29, 0.717) is 5.69 Å². The van der Waals surface area contributed by atoms with Crippen molar-refractivity contribution >= 4 is 29.0 Å². The Morgan fingerprint density at radius 3 is 2.81 bits per heavy atom. The van der Waals surface area contributed by atoms with E-state index in [1.165, 1.54) is 12.1 Å². The molecule has 0 radical (unpaired) electrons. The van der Waals surface area contributed by atoms with Gasteiger partial charge in [-0.15, -0.1) is 0 Å². The lowest BCUT2D eigenvalue weighted by Gasteiger charge is -2.07. The summed E-state index contributed by atoms with van der Waals surface area (Å²) < 4.78 is 16.9. The third-order valence-corrected chi connectivity index (χ3v) is 2.40. The number of carbonyl (C=O) groups excluding carboxylic acids is 2. The van der Waals surface area contributed by atoms with Gasteiger partial charge in [0.25, 0.3) is 11.7 Å². The first-order valence-electron chi connectivity index (χ1n) is 4.51. The highest BCUT2D eigenvalue weighted by Gasteiger charge is 2.29. The van der Waals surface area contributed by atoms with E-state index in [2.05, 4.69) is 5.32 Å². The van der Waals surface area contributed by atoms with Crippen LogP contribution in [0.2, 0.25) is 5.02 Å². The van der Waals surface area contributed by atoms with Crippen molar-refractivity contribution in [3.8, 4) is 5.75 Å². The van der Waals surface area contributed by atoms with Crippen LogP contribution in [0.15, 0.2) is 12.1 Å². The molecule has 1 aliphatic heterocycles. The second kappa shape index (κ2) is 4.09. The summed E-state index contributed by atoms with van der Waals surface area (Å²) in [7, 11) is 0. The average Bonchev–Trinajstić information content (AvgIpc) is 2.52. The molecule has 16 heavy (non-hydrogen) atoms. The smallest absolute Gasteiger partial charge is 0.296 e. The summed E-state index contributed by atoms with van der Waals surface area (Å²) in [6.07, 6.45) is 0. The number of rotatable bonds is 3. The van der Waals surface area contributed by atoms with E-state index in [9.17, 15) is 14.0 Å². The van der Waals surface area contributed by atoms with Crippen LogP contribution in [0.25, 0.3) is 0 Å². The maximum atomic E-state index is 11.9. The number of nitrogens with one attached hydrogen (secondary N) is 1. The predicted octanol–water partition coefficient (Wildman–Crippen LogP) is 1.82. The highest BCUT2D eigenvalue weighted by Crippen LogP contribution is 2.34. The Morgan fingerprint density at radius 1 is 1.38 bits per heavy atom. The van der Waals surface area contributed by atoms with Gasteiger partial charge in [-0.05, 0) is 6.07 Å². The van der Waals surface area contributed by atoms with Gasteiger partial charge in [-0.2, -0.15) is 0 Å². The van der Waals surface area contributed by atoms with Crippen LogP contribution in [0.1, 0.15) is 10.4 Å². The molecule has 1 aromatic rings. The average molecular weight is 244 g/mol. The fraction of sp³-hybridized carbons (Fsp3) is 0.200. The molecule has 0 aliphatic carbocycles. The minimum Gasteiger partial charge on any atom is -0.489 e. The van der Waals surface area contributed by atoms with Gasteiger partial charge in [0, 0.05) is 6.07 Å². The van der Waals surface area contributed by atoms with Crippen LogP contribution in [-0.4, -0.2) is 25.0 Å². The van der Waals surface area contributed by atoms with E-state index in [0.717, 1.165) is 0 Å². The molecule has 1 N–H and O–H groups in total. The highest BCUT2D eigenvalue weighted by molar-refractivity contribution is 6.52. The SMILES string of the molecule is O=C1Nc2cc(OCCF)c(Cl)cc2C1=O. The number of alkyl halides is 1. The van der Waals surface area contributed by atoms with E-state index in [-0.39, 0.29) is 22.9 Å². The van der Waals surface area contributed by atoms with Crippen LogP contribution >= 0.6 is 11.6 Å². The Bertz CT molecular complexity index is 475. The number of carbonyl (C=O) groups is 2. The van der Waals surface area contributed by atoms with E-state index in [4.69, 9.17) is 16.3 Å². The second-order valence-electron chi connectivity index (χ2n) is 3.15. The minimum absolute atomic E-state index is 0.125. The standard InChI is InChI=1S/C10H7ClFNO3/c11-6-3-5-7(13-10(15)9(5)14)4-8(6)16-2-1-12/h3-4H,1-2H2,(H,13,14,15). The molecule has 0 saturated heterocycles. The summed E-state index contributed by atoms with van der Waals surface area (Å²) in [6.45, 7) is -0.765. The molecule has 0 saturated carbocycles. The molecule has 1 aromatic carbocycles. The first-order valence-corrected chi connectivity index (χ1v) is 4.89. The third kappa shape index (κ3) is 1.74. The maximum absolute atomic E-state index is 11.9. The van der Waals surface area contributed by atoms with Crippen molar-refractivity contribution < 1.29 is 18.7 Å². The van der Waals surface area contributed by atoms with Crippen molar-refractivity contribution in [1.82, 2.24) is 0 Å². The monoisotopic (exact) mass is 243 g/mol. The number of ether oxygens (including phenoxy) is 1. The quantitative estimate of drug-likeness (QED) is 0.824. The molecule has 0 atom stereocenters. The summed E-state index contributed by atoms with van der Waals surface area (Å²) in [5, 5.41) is 2.55. The number of anilines is 1. The van der Waals surface area contributed by atoms with Crippen LogP contribution in [0.3, 0.4) is 0 Å². The predicted molar refractivity (Wildman–Crippen MR) is 55.9 cm³/mol. The Balaban J connectivity index is 2.36. The number of hydrogen-bond donors (Lipinski definition) is 1. The summed E-state index contributed by atoms with van der Waals surface area (Å²) in [4.78, 5) is 22.4. The zero-order valence-corrected chi connectivity index (χ0v) is 8.81. The number of amides is 1. The van der Waals surface area contributed by atoms with E-state index in [1.54, 1.807) is 0 Å². The second-order valence-corrected chi connectivity index (χ2v) is 3.56. The molecule has 0 unspecified atom stereocenters. The number of Topliss-reactive ketones (excluding diaryl/α,β-unsaturated/α-hetero) is 1. The van der Waals surface area contributed by atoms with Gasteiger partial charge in [-0.25, -0.2) is 4.39 Å². The molecule has 1 heterocycles. The van der Waals surface area contributed by atoms with Crippen molar-refractivity contribution in [1.29, 1.82) is 0 Å². The van der Waals surface area contributed by atoms with Gasteiger partial charge in [0.1, 0.15) is 19.0 Å². The fourth-order valence-corrected chi connectivity index (χ4v) is 1.62. The van der Waals surface area contributed by atoms with Gasteiger partial charge in [0.05, 0.1) is 16.3 Å². The van der Waals surface area contributed by atoms with Crippen molar-refractivity contribution in [2.45, 2.75) is 0 Å². The van der Waals surface area contributed by atoms with Crippen LogP contribution in [-0.2, 0) is 4.79 Å². The van der Waals surface area contributed by atoms with E-state index < -0.39 is 18.4 Å². The van der Waals surface area contributed by atoms with Gasteiger partial charge in [0.15, 0.2) is 0 Å². The lowest BCUT2D eigenvalue weighted by atomic mass is 10.1. The normalized spacial score (nSPS) is 13.6. The molecule has 6 heteroatoms. The summed E-state index contributed by atoms with van der Waals surface area (Å²) in [5.74, 6) is -1.09. The van der Waals surface area contributed by atoms with Crippen molar-refractivity contribution in [3.05, 3.63) is 22.7 Å². The fourth-order valence-electron chi connectivity index (χ4n) is 1.41. The molecule has 4 nitrogen and oxygen atoms in total. The van der Waals surface area contributed by atoms with Crippen molar-refractivity contribution in [3.63, 3.8) is 0 Å². The number of hydrogen-bond acceptors (Lipinski definition) is 3. The van der Waals surface area contributed by atoms with Gasteiger partial charge >= 0.3 is 0 Å².